The maximum absolute atomic E-state index is 12.0. The van der Waals surface area contributed by atoms with Crippen molar-refractivity contribution in [2.24, 2.45) is 0 Å². The van der Waals surface area contributed by atoms with E-state index in [1.165, 1.54) is 6.07 Å². The van der Waals surface area contributed by atoms with Crippen molar-refractivity contribution >= 4 is 0 Å². The third-order valence-electron chi connectivity index (χ3n) is 1.24. The lowest BCUT2D eigenvalue weighted by molar-refractivity contribution is -0.137. The SMILES string of the molecule is N#Cc1cc[c]c(C(F)(F)F)c1. The fourth-order valence-corrected chi connectivity index (χ4v) is 0.700. The first kappa shape index (κ1) is 8.60. The Kier molecular flexibility index (Phi) is 2.05. The zero-order valence-corrected chi connectivity index (χ0v) is 5.81. The molecule has 0 aliphatic rings. The van der Waals surface area contributed by atoms with E-state index >= 15 is 0 Å². The summed E-state index contributed by atoms with van der Waals surface area (Å²) in [6.07, 6.45) is -4.42. The van der Waals surface area contributed by atoms with Crippen molar-refractivity contribution in [2.75, 3.05) is 0 Å². The number of hydrogen-bond donors (Lipinski definition) is 0. The molecule has 0 heterocycles. The van der Waals surface area contributed by atoms with Gasteiger partial charge in [-0.1, -0.05) is 6.07 Å². The van der Waals surface area contributed by atoms with Gasteiger partial charge in [-0.25, -0.2) is 0 Å². The normalized spacial score (nSPS) is 10.8. The molecule has 0 spiro atoms. The van der Waals surface area contributed by atoms with Crippen molar-refractivity contribution in [1.29, 1.82) is 5.26 Å². The molecule has 1 aromatic carbocycles. The van der Waals surface area contributed by atoms with Gasteiger partial charge >= 0.3 is 6.18 Å². The van der Waals surface area contributed by atoms with Crippen LogP contribution >= 0.6 is 0 Å². The van der Waals surface area contributed by atoms with Gasteiger partial charge in [-0.3, -0.25) is 0 Å². The Morgan fingerprint density at radius 2 is 2.08 bits per heavy atom. The van der Waals surface area contributed by atoms with Crippen LogP contribution in [0, 0.1) is 17.4 Å². The summed E-state index contributed by atoms with van der Waals surface area (Å²) in [5, 5.41) is 8.30. The summed E-state index contributed by atoms with van der Waals surface area (Å²) in [5.74, 6) is 0. The third-order valence-corrected chi connectivity index (χ3v) is 1.24. The quantitative estimate of drug-likeness (QED) is 0.586. The summed E-state index contributed by atoms with van der Waals surface area (Å²) in [7, 11) is 0. The highest BCUT2D eigenvalue weighted by Crippen LogP contribution is 2.28. The zero-order valence-electron chi connectivity index (χ0n) is 5.81. The lowest BCUT2D eigenvalue weighted by Gasteiger charge is -2.04. The largest absolute Gasteiger partial charge is 0.417 e. The third kappa shape index (κ3) is 1.76. The highest BCUT2D eigenvalue weighted by Gasteiger charge is 2.30. The van der Waals surface area contributed by atoms with Crippen LogP contribution in [0.25, 0.3) is 0 Å². The van der Waals surface area contributed by atoms with E-state index in [9.17, 15) is 13.2 Å². The number of hydrogen-bond acceptors (Lipinski definition) is 1. The van der Waals surface area contributed by atoms with Gasteiger partial charge in [0.1, 0.15) is 0 Å². The van der Waals surface area contributed by atoms with Gasteiger partial charge < -0.3 is 0 Å². The Morgan fingerprint density at radius 3 is 2.58 bits per heavy atom. The molecule has 61 valence electrons. The van der Waals surface area contributed by atoms with Crippen molar-refractivity contribution in [3.05, 3.63) is 35.4 Å². The monoisotopic (exact) mass is 170 g/mol. The van der Waals surface area contributed by atoms with E-state index in [1.54, 1.807) is 6.07 Å². The van der Waals surface area contributed by atoms with E-state index in [0.717, 1.165) is 12.1 Å². The number of nitriles is 1. The van der Waals surface area contributed by atoms with Crippen LogP contribution in [0.2, 0.25) is 0 Å². The van der Waals surface area contributed by atoms with E-state index in [2.05, 4.69) is 0 Å². The molecule has 0 saturated heterocycles. The van der Waals surface area contributed by atoms with Crippen molar-refractivity contribution in [1.82, 2.24) is 0 Å². The minimum Gasteiger partial charge on any atom is -0.192 e. The predicted molar refractivity (Wildman–Crippen MR) is 35.0 cm³/mol. The van der Waals surface area contributed by atoms with E-state index in [4.69, 9.17) is 5.26 Å². The van der Waals surface area contributed by atoms with Gasteiger partial charge in [0.15, 0.2) is 0 Å². The Bertz CT molecular complexity index is 322. The summed E-state index contributed by atoms with van der Waals surface area (Å²) < 4.78 is 35.9. The molecular weight excluding hydrogens is 167 g/mol. The van der Waals surface area contributed by atoms with Gasteiger partial charge in [0.2, 0.25) is 0 Å². The number of alkyl halides is 3. The number of benzene rings is 1. The molecule has 0 atom stereocenters. The molecule has 0 saturated carbocycles. The zero-order chi connectivity index (χ0) is 9.19. The molecule has 0 aliphatic heterocycles. The smallest absolute Gasteiger partial charge is 0.192 e. The summed E-state index contributed by atoms with van der Waals surface area (Å²) in [5.41, 5.74) is -0.928. The van der Waals surface area contributed by atoms with E-state index < -0.39 is 11.7 Å². The topological polar surface area (TPSA) is 23.8 Å². The van der Waals surface area contributed by atoms with Crippen LogP contribution in [0.3, 0.4) is 0 Å². The minimum atomic E-state index is -4.42. The Morgan fingerprint density at radius 1 is 1.42 bits per heavy atom. The fourth-order valence-electron chi connectivity index (χ4n) is 0.700. The van der Waals surface area contributed by atoms with Crippen LogP contribution in [0.5, 0.6) is 0 Å². The molecule has 1 aromatic rings. The van der Waals surface area contributed by atoms with Crippen molar-refractivity contribution in [3.8, 4) is 6.07 Å². The summed E-state index contributed by atoms with van der Waals surface area (Å²) in [6.45, 7) is 0. The molecule has 0 amide bonds. The summed E-state index contributed by atoms with van der Waals surface area (Å²) in [6, 6.07) is 6.75. The molecule has 4 heteroatoms. The lowest BCUT2D eigenvalue weighted by Crippen LogP contribution is -2.04. The van der Waals surface area contributed by atoms with Crippen LogP contribution in [0.15, 0.2) is 18.2 Å². The van der Waals surface area contributed by atoms with Crippen LogP contribution in [0.1, 0.15) is 11.1 Å². The van der Waals surface area contributed by atoms with Gasteiger partial charge in [-0.05, 0) is 18.2 Å². The van der Waals surface area contributed by atoms with E-state index in [-0.39, 0.29) is 5.56 Å². The summed E-state index contributed by atoms with van der Waals surface area (Å²) in [4.78, 5) is 0. The lowest BCUT2D eigenvalue weighted by atomic mass is 10.1. The summed E-state index contributed by atoms with van der Waals surface area (Å²) >= 11 is 0. The molecule has 0 bridgehead atoms. The second kappa shape index (κ2) is 2.86. The van der Waals surface area contributed by atoms with Crippen LogP contribution < -0.4 is 0 Å². The Balaban J connectivity index is 3.13. The van der Waals surface area contributed by atoms with Crippen molar-refractivity contribution in [2.45, 2.75) is 6.18 Å². The first-order valence-electron chi connectivity index (χ1n) is 3.03. The molecular formula is C8H3F3N. The van der Waals surface area contributed by atoms with Crippen LogP contribution in [-0.4, -0.2) is 0 Å². The van der Waals surface area contributed by atoms with Gasteiger partial charge in [-0.2, -0.15) is 18.4 Å². The Hall–Kier alpha value is -1.50. The molecule has 1 radical (unpaired) electrons. The maximum Gasteiger partial charge on any atom is 0.417 e. The predicted octanol–water partition coefficient (Wildman–Crippen LogP) is 2.38. The van der Waals surface area contributed by atoms with Crippen LogP contribution in [-0.2, 0) is 6.18 Å². The molecule has 1 rings (SSSR count). The maximum atomic E-state index is 12.0. The number of rotatable bonds is 0. The fraction of sp³-hybridized carbons (Fsp3) is 0.125. The van der Waals surface area contributed by atoms with Gasteiger partial charge in [0.05, 0.1) is 17.2 Å². The second-order valence-electron chi connectivity index (χ2n) is 2.10. The highest BCUT2D eigenvalue weighted by atomic mass is 19.4. The van der Waals surface area contributed by atoms with Gasteiger partial charge in [-0.15, -0.1) is 0 Å². The molecule has 0 aliphatic carbocycles. The number of nitrogens with zero attached hydrogens (tertiary/aromatic N) is 1. The molecule has 0 N–H and O–H groups in total. The highest BCUT2D eigenvalue weighted by molar-refractivity contribution is 5.33. The minimum absolute atomic E-state index is 0.0129. The van der Waals surface area contributed by atoms with Crippen molar-refractivity contribution in [3.63, 3.8) is 0 Å². The molecule has 12 heavy (non-hydrogen) atoms. The standard InChI is InChI=1S/C8H3F3N/c9-8(10,11)7-3-1-2-6(4-7)5-12/h1-2,4H. The van der Waals surface area contributed by atoms with E-state index in [1.807, 2.05) is 6.07 Å². The van der Waals surface area contributed by atoms with Gasteiger partial charge in [0, 0.05) is 0 Å². The molecule has 0 aromatic heterocycles. The Labute approximate surface area is 67.1 Å². The van der Waals surface area contributed by atoms with Crippen molar-refractivity contribution < 1.29 is 13.2 Å². The average Bonchev–Trinajstić information content (AvgIpc) is 2.03. The second-order valence-corrected chi connectivity index (χ2v) is 2.10. The molecule has 1 nitrogen and oxygen atoms in total. The molecule has 0 fully saturated rings. The number of halogens is 3. The van der Waals surface area contributed by atoms with E-state index in [0.29, 0.717) is 0 Å². The first-order valence-corrected chi connectivity index (χ1v) is 3.03. The van der Waals surface area contributed by atoms with Gasteiger partial charge in [0.25, 0.3) is 0 Å². The molecule has 0 unspecified atom stereocenters. The van der Waals surface area contributed by atoms with Crippen LogP contribution in [0.4, 0.5) is 13.2 Å². The first-order chi connectivity index (χ1) is 5.54. The average molecular weight is 170 g/mol.